The van der Waals surface area contributed by atoms with Crippen LogP contribution in [0.5, 0.6) is 5.75 Å². The Hall–Kier alpha value is -1.69. The Morgan fingerprint density at radius 3 is 2.85 bits per heavy atom. The normalized spacial score (nSPS) is 29.2. The molecule has 2 aliphatic carbocycles. The molecule has 1 N–H and O–H groups in total. The van der Waals surface area contributed by atoms with Gasteiger partial charge in [0.05, 0.1) is 23.9 Å². The average molecular weight is 375 g/mol. The number of nitrogens with one attached hydrogen (secondary N) is 1. The van der Waals surface area contributed by atoms with Gasteiger partial charge in [0.1, 0.15) is 11.9 Å². The minimum absolute atomic E-state index is 0.0456. The van der Waals surface area contributed by atoms with Crippen molar-refractivity contribution in [2.24, 2.45) is 16.7 Å². The molecule has 140 valence electrons. The van der Waals surface area contributed by atoms with E-state index in [9.17, 15) is 4.79 Å². The maximum Gasteiger partial charge on any atom is 0.316 e. The lowest BCUT2D eigenvalue weighted by molar-refractivity contribution is -0.153. The Morgan fingerprint density at radius 2 is 2.19 bits per heavy atom. The van der Waals surface area contributed by atoms with E-state index >= 15 is 0 Å². The van der Waals surface area contributed by atoms with Gasteiger partial charge in [0.15, 0.2) is 5.16 Å². The lowest BCUT2D eigenvalue weighted by Crippen LogP contribution is -2.38. The largest absolute Gasteiger partial charge is 0.497 e. The highest BCUT2D eigenvalue weighted by Gasteiger charge is 2.62. The van der Waals surface area contributed by atoms with Crippen LogP contribution >= 0.6 is 11.8 Å². The summed E-state index contributed by atoms with van der Waals surface area (Å²) in [4.78, 5) is 20.2. The zero-order chi connectivity index (χ0) is 18.5. The third-order valence-electron chi connectivity index (χ3n) is 6.98. The van der Waals surface area contributed by atoms with Crippen LogP contribution in [-0.4, -0.2) is 34.9 Å². The molecule has 0 amide bonds. The molecule has 0 saturated heterocycles. The first-order valence-electron chi connectivity index (χ1n) is 9.19. The Morgan fingerprint density at radius 1 is 1.38 bits per heavy atom. The number of nitrogens with zero attached hydrogens (tertiary/aromatic N) is 1. The summed E-state index contributed by atoms with van der Waals surface area (Å²) in [5, 5.41) is 0.727. The topological polar surface area (TPSA) is 64.2 Å². The van der Waals surface area contributed by atoms with Crippen LogP contribution in [0.1, 0.15) is 40.0 Å². The molecule has 2 bridgehead atoms. The third-order valence-corrected chi connectivity index (χ3v) is 7.83. The van der Waals surface area contributed by atoms with E-state index in [-0.39, 0.29) is 28.7 Å². The number of aromatic nitrogens is 2. The van der Waals surface area contributed by atoms with Gasteiger partial charge in [0, 0.05) is 11.5 Å². The molecule has 2 saturated carbocycles. The second-order valence-electron chi connectivity index (χ2n) is 8.30. The van der Waals surface area contributed by atoms with Gasteiger partial charge in [-0.1, -0.05) is 32.5 Å². The van der Waals surface area contributed by atoms with Gasteiger partial charge in [-0.3, -0.25) is 4.79 Å². The molecule has 0 radical (unpaired) electrons. The van der Waals surface area contributed by atoms with E-state index in [1.807, 2.05) is 18.2 Å². The van der Waals surface area contributed by atoms with Crippen molar-refractivity contribution in [3.8, 4) is 5.75 Å². The number of thioether (sulfide) groups is 1. The number of H-pyrrole nitrogens is 1. The monoisotopic (exact) mass is 374 g/mol. The number of rotatable bonds is 5. The van der Waals surface area contributed by atoms with E-state index in [1.54, 1.807) is 7.11 Å². The SMILES string of the molecule is COc1ccc2nc(SCC(=O)OC3CC4CCC3(C)C4(C)C)[nH]c2c1. The van der Waals surface area contributed by atoms with Crippen molar-refractivity contribution in [3.63, 3.8) is 0 Å². The van der Waals surface area contributed by atoms with E-state index < -0.39 is 0 Å². The molecule has 3 unspecified atom stereocenters. The van der Waals surface area contributed by atoms with Gasteiger partial charge >= 0.3 is 5.97 Å². The number of carbonyl (C=O) groups excluding carboxylic acids is 1. The van der Waals surface area contributed by atoms with Crippen molar-refractivity contribution < 1.29 is 14.3 Å². The molecule has 6 heteroatoms. The van der Waals surface area contributed by atoms with Crippen molar-refractivity contribution >= 4 is 28.8 Å². The molecular weight excluding hydrogens is 348 g/mol. The number of imidazole rings is 1. The van der Waals surface area contributed by atoms with Crippen LogP contribution in [-0.2, 0) is 9.53 Å². The summed E-state index contributed by atoms with van der Waals surface area (Å²) >= 11 is 1.39. The number of ether oxygens (including phenoxy) is 2. The molecule has 0 spiro atoms. The summed E-state index contributed by atoms with van der Waals surface area (Å²) in [6.45, 7) is 6.95. The van der Waals surface area contributed by atoms with Crippen molar-refractivity contribution in [2.75, 3.05) is 12.9 Å². The van der Waals surface area contributed by atoms with Gasteiger partial charge in [0.2, 0.25) is 0 Å². The van der Waals surface area contributed by atoms with Gasteiger partial charge in [0.25, 0.3) is 0 Å². The number of aromatic amines is 1. The third kappa shape index (κ3) is 2.70. The molecule has 4 rings (SSSR count). The van der Waals surface area contributed by atoms with Crippen molar-refractivity contribution in [1.29, 1.82) is 0 Å². The fourth-order valence-corrected chi connectivity index (χ4v) is 5.46. The summed E-state index contributed by atoms with van der Waals surface area (Å²) in [5.41, 5.74) is 2.13. The van der Waals surface area contributed by atoms with E-state index in [2.05, 4.69) is 30.7 Å². The van der Waals surface area contributed by atoms with Crippen molar-refractivity contribution in [3.05, 3.63) is 18.2 Å². The predicted molar refractivity (Wildman–Crippen MR) is 102 cm³/mol. The molecule has 1 heterocycles. The lowest BCUT2D eigenvalue weighted by atomic mass is 9.70. The van der Waals surface area contributed by atoms with E-state index in [4.69, 9.17) is 9.47 Å². The fraction of sp³-hybridized carbons (Fsp3) is 0.600. The van der Waals surface area contributed by atoms with Crippen molar-refractivity contribution in [2.45, 2.75) is 51.3 Å². The standard InChI is InChI=1S/C20H26N2O3S/c1-19(2)12-7-8-20(19,3)16(9-12)25-17(23)11-26-18-21-14-6-5-13(24-4)10-15(14)22-18/h5-6,10,12,16H,7-9,11H2,1-4H3,(H,21,22). The minimum atomic E-state index is -0.150. The highest BCUT2D eigenvalue weighted by Crippen LogP contribution is 2.66. The highest BCUT2D eigenvalue weighted by molar-refractivity contribution is 7.99. The number of hydrogen-bond acceptors (Lipinski definition) is 5. The zero-order valence-corrected chi connectivity index (χ0v) is 16.6. The molecule has 1 aromatic heterocycles. The number of methoxy groups -OCH3 is 1. The lowest BCUT2D eigenvalue weighted by Gasteiger charge is -2.38. The van der Waals surface area contributed by atoms with E-state index in [0.29, 0.717) is 5.92 Å². The number of benzene rings is 1. The summed E-state index contributed by atoms with van der Waals surface area (Å²) in [6, 6.07) is 5.69. The highest BCUT2D eigenvalue weighted by atomic mass is 32.2. The van der Waals surface area contributed by atoms with E-state index in [1.165, 1.54) is 18.2 Å². The van der Waals surface area contributed by atoms with Gasteiger partial charge in [-0.05, 0) is 42.7 Å². The summed E-state index contributed by atoms with van der Waals surface area (Å²) in [5.74, 6) is 1.57. The Labute approximate surface area is 158 Å². The quantitative estimate of drug-likeness (QED) is 0.620. The van der Waals surface area contributed by atoms with Crippen LogP contribution in [0.15, 0.2) is 23.4 Å². The minimum Gasteiger partial charge on any atom is -0.497 e. The maximum absolute atomic E-state index is 12.4. The van der Waals surface area contributed by atoms with Crippen LogP contribution < -0.4 is 4.74 Å². The first kappa shape index (κ1) is 17.7. The van der Waals surface area contributed by atoms with Gasteiger partial charge < -0.3 is 14.5 Å². The zero-order valence-electron chi connectivity index (χ0n) is 15.8. The first-order chi connectivity index (χ1) is 12.3. The Kier molecular flexibility index (Phi) is 4.21. The molecule has 1 aromatic carbocycles. The average Bonchev–Trinajstić information content (AvgIpc) is 3.18. The summed E-state index contributed by atoms with van der Waals surface area (Å²) in [6.07, 6.45) is 3.46. The smallest absolute Gasteiger partial charge is 0.316 e. The molecule has 5 nitrogen and oxygen atoms in total. The Balaban J connectivity index is 1.38. The predicted octanol–water partition coefficient (Wildman–Crippen LogP) is 4.42. The van der Waals surface area contributed by atoms with Crippen LogP contribution in [0.2, 0.25) is 0 Å². The number of esters is 1. The van der Waals surface area contributed by atoms with Crippen molar-refractivity contribution in [1.82, 2.24) is 9.97 Å². The Bertz CT molecular complexity index is 847. The fourth-order valence-electron chi connectivity index (χ4n) is 4.79. The molecule has 2 aromatic rings. The molecule has 0 aliphatic heterocycles. The number of fused-ring (bicyclic) bond motifs is 3. The van der Waals surface area contributed by atoms with Gasteiger partial charge in [-0.15, -0.1) is 0 Å². The molecule has 26 heavy (non-hydrogen) atoms. The second-order valence-corrected chi connectivity index (χ2v) is 9.27. The molecule has 3 atom stereocenters. The first-order valence-corrected chi connectivity index (χ1v) is 10.2. The molecule has 2 aliphatic rings. The summed E-state index contributed by atoms with van der Waals surface area (Å²) < 4.78 is 11.1. The second kappa shape index (κ2) is 6.19. The number of hydrogen-bond donors (Lipinski definition) is 1. The maximum atomic E-state index is 12.4. The van der Waals surface area contributed by atoms with Crippen LogP contribution in [0.3, 0.4) is 0 Å². The van der Waals surface area contributed by atoms with Crippen LogP contribution in [0.25, 0.3) is 11.0 Å². The summed E-state index contributed by atoms with van der Waals surface area (Å²) in [7, 11) is 1.64. The van der Waals surface area contributed by atoms with E-state index in [0.717, 1.165) is 34.8 Å². The van der Waals surface area contributed by atoms with Gasteiger partial charge in [-0.2, -0.15) is 0 Å². The molecule has 2 fully saturated rings. The van der Waals surface area contributed by atoms with Crippen LogP contribution in [0.4, 0.5) is 0 Å². The van der Waals surface area contributed by atoms with Crippen LogP contribution in [0, 0.1) is 16.7 Å². The number of carbonyl (C=O) groups is 1. The molecular formula is C20H26N2O3S. The van der Waals surface area contributed by atoms with Gasteiger partial charge in [-0.25, -0.2) is 4.98 Å².